The fourth-order valence-corrected chi connectivity index (χ4v) is 3.99. The van der Waals surface area contributed by atoms with E-state index >= 15 is 0 Å². The van der Waals surface area contributed by atoms with Crippen molar-refractivity contribution in [1.82, 2.24) is 5.32 Å². The summed E-state index contributed by atoms with van der Waals surface area (Å²) in [5, 5.41) is 3.74. The molecular weight excluding hydrogens is 261 g/mol. The maximum atomic E-state index is 13.2. The monoisotopic (exact) mass is 289 g/mol. The number of halogens is 1. The van der Waals surface area contributed by atoms with Crippen molar-refractivity contribution in [2.45, 2.75) is 63.8 Å². The highest BCUT2D eigenvalue weighted by Gasteiger charge is 2.31. The molecule has 0 spiro atoms. The lowest BCUT2D eigenvalue weighted by Crippen LogP contribution is -2.42. The van der Waals surface area contributed by atoms with Crippen LogP contribution in [0.4, 0.5) is 4.39 Å². The van der Waals surface area contributed by atoms with Gasteiger partial charge in [-0.3, -0.25) is 0 Å². The molecule has 0 bridgehead atoms. The lowest BCUT2D eigenvalue weighted by atomic mass is 9.75. The van der Waals surface area contributed by atoms with Crippen LogP contribution in [0.3, 0.4) is 0 Å². The molecule has 2 aliphatic rings. The van der Waals surface area contributed by atoms with Crippen LogP contribution in [0, 0.1) is 17.7 Å². The minimum Gasteiger partial charge on any atom is -0.314 e. The molecule has 0 unspecified atom stereocenters. The van der Waals surface area contributed by atoms with Gasteiger partial charge in [-0.05, 0) is 67.7 Å². The van der Waals surface area contributed by atoms with Crippen LogP contribution in [0.15, 0.2) is 24.3 Å². The molecule has 0 heterocycles. The molecule has 2 heteroatoms. The Balaban J connectivity index is 1.36. The summed E-state index contributed by atoms with van der Waals surface area (Å²) in [5.41, 5.74) is 1.18. The summed E-state index contributed by atoms with van der Waals surface area (Å²) in [5.74, 6) is 2.34. The summed E-state index contributed by atoms with van der Waals surface area (Å²) < 4.78 is 13.2. The molecular formula is C19H28FN. The third-order valence-corrected chi connectivity index (χ3v) is 5.70. The fraction of sp³-hybridized carbons (Fsp3) is 0.684. The van der Waals surface area contributed by atoms with Gasteiger partial charge >= 0.3 is 0 Å². The second kappa shape index (κ2) is 6.91. The van der Waals surface area contributed by atoms with Crippen LogP contribution in [-0.2, 0) is 0 Å². The van der Waals surface area contributed by atoms with E-state index < -0.39 is 0 Å². The zero-order valence-electron chi connectivity index (χ0n) is 13.2. The van der Waals surface area contributed by atoms with Gasteiger partial charge in [0, 0.05) is 6.04 Å². The van der Waals surface area contributed by atoms with Crippen molar-refractivity contribution in [3.05, 3.63) is 35.6 Å². The van der Waals surface area contributed by atoms with Gasteiger partial charge in [-0.25, -0.2) is 4.39 Å². The molecule has 0 aromatic heterocycles. The Morgan fingerprint density at radius 2 is 1.81 bits per heavy atom. The highest BCUT2D eigenvalue weighted by Crippen LogP contribution is 2.37. The zero-order chi connectivity index (χ0) is 14.7. The first-order valence-corrected chi connectivity index (χ1v) is 8.73. The molecule has 2 saturated carbocycles. The Hall–Kier alpha value is -0.890. The molecule has 1 N–H and O–H groups in total. The zero-order valence-corrected chi connectivity index (χ0v) is 13.2. The van der Waals surface area contributed by atoms with E-state index in [1.165, 1.54) is 63.1 Å². The van der Waals surface area contributed by atoms with Gasteiger partial charge in [0.1, 0.15) is 5.82 Å². The maximum absolute atomic E-state index is 13.2. The van der Waals surface area contributed by atoms with Crippen molar-refractivity contribution < 1.29 is 4.39 Å². The smallest absolute Gasteiger partial charge is 0.123 e. The van der Waals surface area contributed by atoms with E-state index in [1.807, 2.05) is 6.07 Å². The van der Waals surface area contributed by atoms with Crippen molar-refractivity contribution >= 4 is 0 Å². The molecule has 3 rings (SSSR count). The van der Waals surface area contributed by atoms with Crippen LogP contribution in [0.1, 0.15) is 63.4 Å². The third-order valence-electron chi connectivity index (χ3n) is 5.70. The molecule has 0 atom stereocenters. The van der Waals surface area contributed by atoms with E-state index in [9.17, 15) is 4.39 Å². The summed E-state index contributed by atoms with van der Waals surface area (Å²) in [6, 6.07) is 7.78. The fourth-order valence-electron chi connectivity index (χ4n) is 3.99. The molecule has 0 amide bonds. The maximum Gasteiger partial charge on any atom is 0.123 e. The minimum absolute atomic E-state index is 0.100. The lowest BCUT2D eigenvalue weighted by Gasteiger charge is -2.38. The summed E-state index contributed by atoms with van der Waals surface area (Å²) in [4.78, 5) is 0. The Bertz CT molecular complexity index is 445. The summed E-state index contributed by atoms with van der Waals surface area (Å²) in [7, 11) is 0. The molecule has 2 aliphatic carbocycles. The molecule has 0 aliphatic heterocycles. The van der Waals surface area contributed by atoms with Crippen LogP contribution < -0.4 is 5.32 Å². The predicted octanol–water partition coefficient (Wildman–Crippen LogP) is 4.88. The Labute approximate surface area is 128 Å². The van der Waals surface area contributed by atoms with Gasteiger partial charge in [-0.1, -0.05) is 38.3 Å². The average molecular weight is 289 g/mol. The quantitative estimate of drug-likeness (QED) is 0.814. The van der Waals surface area contributed by atoms with Crippen molar-refractivity contribution in [1.29, 1.82) is 0 Å². The molecule has 0 saturated heterocycles. The first kappa shape index (κ1) is 15.0. The summed E-state index contributed by atoms with van der Waals surface area (Å²) in [6.45, 7) is 3.52. The molecule has 1 aromatic rings. The molecule has 116 valence electrons. The van der Waals surface area contributed by atoms with Gasteiger partial charge in [-0.15, -0.1) is 0 Å². The number of rotatable bonds is 5. The van der Waals surface area contributed by atoms with E-state index in [0.717, 1.165) is 11.8 Å². The first-order valence-electron chi connectivity index (χ1n) is 8.73. The van der Waals surface area contributed by atoms with E-state index in [4.69, 9.17) is 0 Å². The average Bonchev–Trinajstić information content (AvgIpc) is 2.46. The Kier molecular flexibility index (Phi) is 4.95. The van der Waals surface area contributed by atoms with Crippen LogP contribution >= 0.6 is 0 Å². The highest BCUT2D eigenvalue weighted by atomic mass is 19.1. The lowest BCUT2D eigenvalue weighted by molar-refractivity contribution is 0.228. The van der Waals surface area contributed by atoms with Gasteiger partial charge < -0.3 is 5.32 Å². The van der Waals surface area contributed by atoms with E-state index in [1.54, 1.807) is 6.07 Å². The molecule has 2 fully saturated rings. The van der Waals surface area contributed by atoms with Crippen LogP contribution in [0.25, 0.3) is 0 Å². The normalized spacial score (nSPS) is 32.7. The Morgan fingerprint density at radius 1 is 1.10 bits per heavy atom. The van der Waals surface area contributed by atoms with Crippen LogP contribution in [0.5, 0.6) is 0 Å². The topological polar surface area (TPSA) is 12.0 Å². The van der Waals surface area contributed by atoms with E-state index in [0.29, 0.717) is 12.0 Å². The van der Waals surface area contributed by atoms with E-state index in [2.05, 4.69) is 18.3 Å². The van der Waals surface area contributed by atoms with Crippen molar-refractivity contribution in [2.24, 2.45) is 11.8 Å². The second-order valence-corrected chi connectivity index (χ2v) is 7.12. The summed E-state index contributed by atoms with van der Waals surface area (Å²) >= 11 is 0. The van der Waals surface area contributed by atoms with Crippen LogP contribution in [0.2, 0.25) is 0 Å². The highest BCUT2D eigenvalue weighted by molar-refractivity contribution is 5.23. The standard InChI is InChI=1S/C19H28FN/c1-2-14-6-8-15(9-7-14)13-21-19-11-17(12-19)16-4-3-5-18(20)10-16/h3-5,10,14-15,17,19,21H,2,6-9,11-13H2,1H3. The second-order valence-electron chi connectivity index (χ2n) is 7.12. The number of nitrogens with one attached hydrogen (secondary N) is 1. The van der Waals surface area contributed by atoms with Crippen molar-refractivity contribution in [3.63, 3.8) is 0 Å². The molecule has 1 nitrogen and oxygen atoms in total. The van der Waals surface area contributed by atoms with Gasteiger partial charge in [0.05, 0.1) is 0 Å². The van der Waals surface area contributed by atoms with Gasteiger partial charge in [0.2, 0.25) is 0 Å². The molecule has 1 aromatic carbocycles. The minimum atomic E-state index is -0.100. The SMILES string of the molecule is CCC1CCC(CNC2CC(c3cccc(F)c3)C2)CC1. The largest absolute Gasteiger partial charge is 0.314 e. The number of hydrogen-bond donors (Lipinski definition) is 1. The van der Waals surface area contributed by atoms with Gasteiger partial charge in [-0.2, -0.15) is 0 Å². The van der Waals surface area contributed by atoms with Gasteiger partial charge in [0.15, 0.2) is 0 Å². The Morgan fingerprint density at radius 3 is 2.48 bits per heavy atom. The number of hydrogen-bond acceptors (Lipinski definition) is 1. The van der Waals surface area contributed by atoms with Gasteiger partial charge in [0.25, 0.3) is 0 Å². The van der Waals surface area contributed by atoms with Crippen molar-refractivity contribution in [3.8, 4) is 0 Å². The van der Waals surface area contributed by atoms with Crippen LogP contribution in [-0.4, -0.2) is 12.6 Å². The van der Waals surface area contributed by atoms with Crippen molar-refractivity contribution in [2.75, 3.05) is 6.54 Å². The third kappa shape index (κ3) is 3.85. The molecule has 21 heavy (non-hydrogen) atoms. The molecule has 0 radical (unpaired) electrons. The van der Waals surface area contributed by atoms with E-state index in [-0.39, 0.29) is 5.82 Å². The summed E-state index contributed by atoms with van der Waals surface area (Å²) in [6.07, 6.45) is 9.38. The number of benzene rings is 1. The predicted molar refractivity (Wildman–Crippen MR) is 85.9 cm³/mol. The first-order chi connectivity index (χ1) is 10.2.